The molecule has 0 radical (unpaired) electrons. The quantitative estimate of drug-likeness (QED) is 0.391. The zero-order valence-electron chi connectivity index (χ0n) is 6.27. The van der Waals surface area contributed by atoms with E-state index in [-0.39, 0.29) is 6.61 Å². The maximum Gasteiger partial charge on any atom is 0.381 e. The number of alkyl halides is 3. The first-order chi connectivity index (χ1) is 5.38. The summed E-state index contributed by atoms with van der Waals surface area (Å²) in [6.07, 6.45) is -0.996. The van der Waals surface area contributed by atoms with Crippen molar-refractivity contribution in [1.82, 2.24) is 0 Å². The first-order valence-electron chi connectivity index (χ1n) is 3.13. The topological polar surface area (TPSA) is 43.4 Å². The predicted molar refractivity (Wildman–Crippen MR) is 37.1 cm³/mol. The van der Waals surface area contributed by atoms with Gasteiger partial charge in [-0.05, 0) is 18.5 Å². The zero-order valence-corrected chi connectivity index (χ0v) is 7.03. The molecule has 0 aliphatic rings. The molecule has 0 unspecified atom stereocenters. The standard InChI is InChI=1S/C6H7ClF2O3/c1-2-12-5(11)3-4(10)6(7,8)9/h2-3H2,1H3. The fraction of sp³-hybridized carbons (Fsp3) is 0.667. The number of carbonyl (C=O) groups excluding carboxylic acids is 2. The van der Waals surface area contributed by atoms with Crippen molar-refractivity contribution in [2.75, 3.05) is 6.61 Å². The van der Waals surface area contributed by atoms with Crippen LogP contribution in [-0.2, 0) is 14.3 Å². The molecule has 0 spiro atoms. The number of rotatable bonds is 4. The van der Waals surface area contributed by atoms with E-state index in [2.05, 4.69) is 16.3 Å². The summed E-state index contributed by atoms with van der Waals surface area (Å²) in [5.41, 5.74) is 0. The summed E-state index contributed by atoms with van der Waals surface area (Å²) < 4.78 is 28.1. The van der Waals surface area contributed by atoms with Gasteiger partial charge in [0.1, 0.15) is 6.42 Å². The van der Waals surface area contributed by atoms with E-state index in [1.807, 2.05) is 0 Å². The Morgan fingerprint density at radius 3 is 2.33 bits per heavy atom. The van der Waals surface area contributed by atoms with E-state index in [0.29, 0.717) is 0 Å². The molecule has 0 rings (SSSR count). The van der Waals surface area contributed by atoms with E-state index in [4.69, 9.17) is 0 Å². The minimum absolute atomic E-state index is 0.0416. The summed E-state index contributed by atoms with van der Waals surface area (Å²) in [6, 6.07) is 0. The van der Waals surface area contributed by atoms with Crippen molar-refractivity contribution in [1.29, 1.82) is 0 Å². The van der Waals surface area contributed by atoms with Gasteiger partial charge in [0, 0.05) is 0 Å². The summed E-state index contributed by atoms with van der Waals surface area (Å²) in [5.74, 6) is -2.65. The SMILES string of the molecule is CCOC(=O)CC(=O)C(F)(F)Cl. The predicted octanol–water partition coefficient (Wildman–Crippen LogP) is 1.34. The molecule has 0 atom stereocenters. The third kappa shape index (κ3) is 4.23. The summed E-state index contributed by atoms with van der Waals surface area (Å²) in [7, 11) is 0. The number of halogens is 3. The molecule has 0 fully saturated rings. The summed E-state index contributed by atoms with van der Waals surface area (Å²) in [4.78, 5) is 20.8. The minimum Gasteiger partial charge on any atom is -0.466 e. The lowest BCUT2D eigenvalue weighted by molar-refractivity contribution is -0.149. The molecule has 0 aliphatic heterocycles. The van der Waals surface area contributed by atoms with E-state index in [1.165, 1.54) is 6.92 Å². The van der Waals surface area contributed by atoms with Crippen LogP contribution in [0.4, 0.5) is 8.78 Å². The molecule has 0 heterocycles. The fourth-order valence-electron chi connectivity index (χ4n) is 0.443. The lowest BCUT2D eigenvalue weighted by atomic mass is 10.3. The minimum atomic E-state index is -3.98. The number of ether oxygens (including phenoxy) is 1. The maximum atomic E-state index is 11.9. The highest BCUT2D eigenvalue weighted by Gasteiger charge is 2.36. The van der Waals surface area contributed by atoms with Crippen LogP contribution in [0.1, 0.15) is 13.3 Å². The van der Waals surface area contributed by atoms with Crippen molar-refractivity contribution in [2.24, 2.45) is 0 Å². The Bertz CT molecular complexity index is 188. The van der Waals surface area contributed by atoms with Crippen LogP contribution in [0.25, 0.3) is 0 Å². The molecule has 3 nitrogen and oxygen atoms in total. The van der Waals surface area contributed by atoms with Gasteiger partial charge in [0.15, 0.2) is 0 Å². The van der Waals surface area contributed by atoms with Crippen LogP contribution in [0, 0.1) is 0 Å². The molecule has 70 valence electrons. The van der Waals surface area contributed by atoms with Gasteiger partial charge in [-0.25, -0.2) is 0 Å². The van der Waals surface area contributed by atoms with Crippen molar-refractivity contribution in [3.05, 3.63) is 0 Å². The highest BCUT2D eigenvalue weighted by atomic mass is 35.5. The molecule has 0 bridgehead atoms. The second kappa shape index (κ2) is 4.35. The molecule has 12 heavy (non-hydrogen) atoms. The Kier molecular flexibility index (Phi) is 4.09. The molecule has 0 saturated heterocycles. The molecular weight excluding hydrogens is 194 g/mol. The van der Waals surface area contributed by atoms with Gasteiger partial charge in [0.05, 0.1) is 6.61 Å². The molecule has 6 heteroatoms. The van der Waals surface area contributed by atoms with Gasteiger partial charge in [-0.2, -0.15) is 8.78 Å². The molecule has 0 aliphatic carbocycles. The first kappa shape index (κ1) is 11.3. The van der Waals surface area contributed by atoms with Crippen LogP contribution in [-0.4, -0.2) is 23.7 Å². The second-order valence-electron chi connectivity index (χ2n) is 1.90. The molecule has 0 amide bonds. The van der Waals surface area contributed by atoms with E-state index in [0.717, 1.165) is 0 Å². The number of hydrogen-bond donors (Lipinski definition) is 0. The van der Waals surface area contributed by atoms with Gasteiger partial charge >= 0.3 is 11.4 Å². The van der Waals surface area contributed by atoms with E-state index < -0.39 is 23.6 Å². The number of carbonyl (C=O) groups is 2. The van der Waals surface area contributed by atoms with E-state index >= 15 is 0 Å². The van der Waals surface area contributed by atoms with Gasteiger partial charge in [-0.3, -0.25) is 9.59 Å². The van der Waals surface area contributed by atoms with Gasteiger partial charge in [-0.15, -0.1) is 0 Å². The highest BCUT2D eigenvalue weighted by Crippen LogP contribution is 2.21. The third-order valence-electron chi connectivity index (χ3n) is 0.926. The smallest absolute Gasteiger partial charge is 0.381 e. The van der Waals surface area contributed by atoms with Crippen molar-refractivity contribution in [3.63, 3.8) is 0 Å². The molecule has 0 N–H and O–H groups in total. The number of ketones is 1. The molecular formula is C6H7ClF2O3. The van der Waals surface area contributed by atoms with E-state index in [9.17, 15) is 18.4 Å². The molecule has 0 aromatic rings. The van der Waals surface area contributed by atoms with Crippen LogP contribution in [0.15, 0.2) is 0 Å². The molecule has 0 aromatic carbocycles. The second-order valence-corrected chi connectivity index (χ2v) is 2.38. The van der Waals surface area contributed by atoms with Crippen LogP contribution in [0.3, 0.4) is 0 Å². The van der Waals surface area contributed by atoms with Crippen molar-refractivity contribution < 1.29 is 23.1 Å². The van der Waals surface area contributed by atoms with E-state index in [1.54, 1.807) is 0 Å². The number of esters is 1. The first-order valence-corrected chi connectivity index (χ1v) is 3.51. The monoisotopic (exact) mass is 200 g/mol. The van der Waals surface area contributed by atoms with Gasteiger partial charge in [0.25, 0.3) is 0 Å². The summed E-state index contributed by atoms with van der Waals surface area (Å²) in [6.45, 7) is 1.54. The van der Waals surface area contributed by atoms with Gasteiger partial charge in [-0.1, -0.05) is 0 Å². The zero-order chi connectivity index (χ0) is 9.78. The molecule has 0 saturated carbocycles. The molecule has 0 aromatic heterocycles. The van der Waals surface area contributed by atoms with Gasteiger partial charge < -0.3 is 4.74 Å². The lowest BCUT2D eigenvalue weighted by Gasteiger charge is -2.05. The Balaban J connectivity index is 3.94. The van der Waals surface area contributed by atoms with Crippen LogP contribution >= 0.6 is 11.6 Å². The Hall–Kier alpha value is -0.710. The van der Waals surface area contributed by atoms with Gasteiger partial charge in [0.2, 0.25) is 5.78 Å². The van der Waals surface area contributed by atoms with Crippen LogP contribution in [0.5, 0.6) is 0 Å². The average Bonchev–Trinajstić information content (AvgIpc) is 1.85. The summed E-state index contributed by atoms with van der Waals surface area (Å²) >= 11 is 4.34. The normalized spacial score (nSPS) is 11.0. The fourth-order valence-corrected chi connectivity index (χ4v) is 0.510. The Morgan fingerprint density at radius 2 is 2.00 bits per heavy atom. The Labute approximate surface area is 72.6 Å². The lowest BCUT2D eigenvalue weighted by Crippen LogP contribution is -2.25. The maximum absolute atomic E-state index is 11.9. The van der Waals surface area contributed by atoms with Crippen LogP contribution in [0.2, 0.25) is 0 Å². The summed E-state index contributed by atoms with van der Waals surface area (Å²) in [5, 5.41) is -3.98. The third-order valence-corrected chi connectivity index (χ3v) is 1.14. The average molecular weight is 201 g/mol. The van der Waals surface area contributed by atoms with Crippen molar-refractivity contribution in [3.8, 4) is 0 Å². The number of Topliss-reactive ketones (excluding diaryl/α,β-unsaturated/α-hetero) is 1. The largest absolute Gasteiger partial charge is 0.466 e. The highest BCUT2D eigenvalue weighted by molar-refractivity contribution is 6.33. The van der Waals surface area contributed by atoms with Crippen LogP contribution < -0.4 is 0 Å². The number of hydrogen-bond acceptors (Lipinski definition) is 3. The van der Waals surface area contributed by atoms with Crippen molar-refractivity contribution in [2.45, 2.75) is 18.7 Å². The Morgan fingerprint density at radius 1 is 1.50 bits per heavy atom. The van der Waals surface area contributed by atoms with Crippen molar-refractivity contribution >= 4 is 23.4 Å².